The SMILES string of the molecule is CN=C(NCC(NC(=O)OC(C)(C)C)c1ccccc1)N1CCCC(CC(N)=O)C1. The number of hydrogen-bond acceptors (Lipinski definition) is 4. The number of carbonyl (C=O) groups is 2. The van der Waals surface area contributed by atoms with E-state index in [9.17, 15) is 9.59 Å². The van der Waals surface area contributed by atoms with Crippen molar-refractivity contribution in [1.82, 2.24) is 15.5 Å². The highest BCUT2D eigenvalue weighted by Crippen LogP contribution is 2.20. The molecule has 0 aliphatic carbocycles. The van der Waals surface area contributed by atoms with E-state index in [1.165, 1.54) is 0 Å². The number of amides is 2. The van der Waals surface area contributed by atoms with Gasteiger partial charge in [0.1, 0.15) is 5.60 Å². The number of likely N-dealkylation sites (tertiary alicyclic amines) is 1. The van der Waals surface area contributed by atoms with E-state index in [1.807, 2.05) is 51.1 Å². The number of alkyl carbamates (subject to hydrolysis) is 1. The van der Waals surface area contributed by atoms with Gasteiger partial charge >= 0.3 is 6.09 Å². The minimum atomic E-state index is -0.571. The lowest BCUT2D eigenvalue weighted by atomic mass is 9.95. The predicted octanol–water partition coefficient (Wildman–Crippen LogP) is 2.42. The molecule has 4 N–H and O–H groups in total. The monoisotopic (exact) mass is 417 g/mol. The third-order valence-corrected chi connectivity index (χ3v) is 4.88. The van der Waals surface area contributed by atoms with Gasteiger partial charge in [-0.05, 0) is 45.1 Å². The third kappa shape index (κ3) is 7.93. The summed E-state index contributed by atoms with van der Waals surface area (Å²) in [5.41, 5.74) is 5.77. The molecular weight excluding hydrogens is 382 g/mol. The molecule has 1 aliphatic rings. The lowest BCUT2D eigenvalue weighted by Crippen LogP contribution is -2.49. The number of aliphatic imine (C=N–C) groups is 1. The van der Waals surface area contributed by atoms with E-state index in [-0.39, 0.29) is 17.9 Å². The first-order valence-corrected chi connectivity index (χ1v) is 10.5. The number of ether oxygens (including phenoxy) is 1. The van der Waals surface area contributed by atoms with E-state index in [4.69, 9.17) is 10.5 Å². The zero-order chi connectivity index (χ0) is 22.1. The summed E-state index contributed by atoms with van der Waals surface area (Å²) >= 11 is 0. The average Bonchev–Trinajstić information content (AvgIpc) is 2.66. The highest BCUT2D eigenvalue weighted by Gasteiger charge is 2.25. The molecule has 0 bridgehead atoms. The van der Waals surface area contributed by atoms with E-state index in [2.05, 4.69) is 20.5 Å². The van der Waals surface area contributed by atoms with Crippen molar-refractivity contribution in [3.8, 4) is 0 Å². The molecule has 2 unspecified atom stereocenters. The summed E-state index contributed by atoms with van der Waals surface area (Å²) in [5, 5.41) is 6.32. The Kier molecular flexibility index (Phi) is 8.50. The molecule has 30 heavy (non-hydrogen) atoms. The van der Waals surface area contributed by atoms with E-state index < -0.39 is 11.7 Å². The molecule has 1 aromatic carbocycles. The Balaban J connectivity index is 2.04. The van der Waals surface area contributed by atoms with E-state index >= 15 is 0 Å². The Hall–Kier alpha value is -2.77. The van der Waals surface area contributed by atoms with Gasteiger partial charge < -0.3 is 26.0 Å². The van der Waals surface area contributed by atoms with Crippen LogP contribution in [-0.4, -0.2) is 55.1 Å². The van der Waals surface area contributed by atoms with Gasteiger partial charge in [0.2, 0.25) is 5.91 Å². The number of hydrogen-bond donors (Lipinski definition) is 3. The number of nitrogens with two attached hydrogens (primary N) is 1. The van der Waals surface area contributed by atoms with Crippen LogP contribution in [0.3, 0.4) is 0 Å². The minimum Gasteiger partial charge on any atom is -0.444 e. The van der Waals surface area contributed by atoms with Gasteiger partial charge in [-0.1, -0.05) is 30.3 Å². The van der Waals surface area contributed by atoms with Gasteiger partial charge in [0.25, 0.3) is 0 Å². The van der Waals surface area contributed by atoms with E-state index in [1.54, 1.807) is 7.05 Å². The van der Waals surface area contributed by atoms with Crippen molar-refractivity contribution in [2.45, 2.75) is 51.7 Å². The van der Waals surface area contributed by atoms with Crippen LogP contribution in [0.25, 0.3) is 0 Å². The van der Waals surface area contributed by atoms with Crippen LogP contribution in [0.2, 0.25) is 0 Å². The maximum absolute atomic E-state index is 12.4. The van der Waals surface area contributed by atoms with Gasteiger partial charge in [-0.15, -0.1) is 0 Å². The number of guanidine groups is 1. The number of nitrogens with one attached hydrogen (secondary N) is 2. The molecule has 166 valence electrons. The first-order chi connectivity index (χ1) is 14.2. The largest absolute Gasteiger partial charge is 0.444 e. The summed E-state index contributed by atoms with van der Waals surface area (Å²) in [6, 6.07) is 9.46. The molecular formula is C22H35N5O3. The quantitative estimate of drug-likeness (QED) is 0.486. The third-order valence-electron chi connectivity index (χ3n) is 4.88. The fourth-order valence-corrected chi connectivity index (χ4v) is 3.62. The molecule has 2 rings (SSSR count). The van der Waals surface area contributed by atoms with Gasteiger partial charge in [-0.25, -0.2) is 4.79 Å². The summed E-state index contributed by atoms with van der Waals surface area (Å²) in [5.74, 6) is 0.714. The Morgan fingerprint density at radius 2 is 2.00 bits per heavy atom. The number of piperidine rings is 1. The van der Waals surface area contributed by atoms with Crippen LogP contribution in [0.5, 0.6) is 0 Å². The average molecular weight is 418 g/mol. The zero-order valence-corrected chi connectivity index (χ0v) is 18.5. The number of primary amides is 1. The minimum absolute atomic E-state index is 0.236. The molecule has 1 heterocycles. The van der Waals surface area contributed by atoms with Crippen LogP contribution < -0.4 is 16.4 Å². The first-order valence-electron chi connectivity index (χ1n) is 10.5. The summed E-state index contributed by atoms with van der Waals surface area (Å²) < 4.78 is 5.43. The molecule has 1 fully saturated rings. The van der Waals surface area contributed by atoms with Gasteiger partial charge in [0, 0.05) is 33.1 Å². The molecule has 0 aromatic heterocycles. The molecule has 0 spiro atoms. The van der Waals surface area contributed by atoms with E-state index in [0.717, 1.165) is 37.5 Å². The second-order valence-corrected chi connectivity index (χ2v) is 8.66. The van der Waals surface area contributed by atoms with Gasteiger partial charge in [-0.3, -0.25) is 9.79 Å². The normalized spacial score (nSPS) is 18.5. The van der Waals surface area contributed by atoms with Crippen LogP contribution in [0.1, 0.15) is 51.6 Å². The van der Waals surface area contributed by atoms with Crippen molar-refractivity contribution in [3.05, 3.63) is 35.9 Å². The number of benzene rings is 1. The number of carbonyl (C=O) groups excluding carboxylic acids is 2. The fourth-order valence-electron chi connectivity index (χ4n) is 3.62. The smallest absolute Gasteiger partial charge is 0.408 e. The van der Waals surface area contributed by atoms with Crippen molar-refractivity contribution in [2.24, 2.45) is 16.6 Å². The summed E-state index contributed by atoms with van der Waals surface area (Å²) in [4.78, 5) is 30.2. The number of rotatable bonds is 6. The Morgan fingerprint density at radius 3 is 2.60 bits per heavy atom. The summed E-state index contributed by atoms with van der Waals surface area (Å²) in [6.07, 6.45) is 1.90. The maximum Gasteiger partial charge on any atom is 0.408 e. The van der Waals surface area contributed by atoms with Gasteiger partial charge in [0.15, 0.2) is 5.96 Å². The molecule has 2 atom stereocenters. The van der Waals surface area contributed by atoms with Crippen LogP contribution in [-0.2, 0) is 9.53 Å². The van der Waals surface area contributed by atoms with Crippen LogP contribution in [0.15, 0.2) is 35.3 Å². The lowest BCUT2D eigenvalue weighted by molar-refractivity contribution is -0.119. The van der Waals surface area contributed by atoms with Crippen molar-refractivity contribution < 1.29 is 14.3 Å². The van der Waals surface area contributed by atoms with Crippen molar-refractivity contribution in [2.75, 3.05) is 26.7 Å². The molecule has 8 nitrogen and oxygen atoms in total. The molecule has 8 heteroatoms. The first kappa shape index (κ1) is 23.5. The molecule has 1 saturated heterocycles. The topological polar surface area (TPSA) is 109 Å². The molecule has 0 saturated carbocycles. The lowest BCUT2D eigenvalue weighted by Gasteiger charge is -2.35. The Labute approximate surface area is 179 Å². The van der Waals surface area contributed by atoms with Gasteiger partial charge in [0.05, 0.1) is 6.04 Å². The van der Waals surface area contributed by atoms with Crippen molar-refractivity contribution >= 4 is 18.0 Å². The Morgan fingerprint density at radius 1 is 1.30 bits per heavy atom. The fraction of sp³-hybridized carbons (Fsp3) is 0.591. The van der Waals surface area contributed by atoms with Crippen molar-refractivity contribution in [3.63, 3.8) is 0 Å². The second kappa shape index (κ2) is 10.8. The van der Waals surface area contributed by atoms with Crippen molar-refractivity contribution in [1.29, 1.82) is 0 Å². The molecule has 2 amide bonds. The second-order valence-electron chi connectivity index (χ2n) is 8.66. The number of nitrogens with zero attached hydrogens (tertiary/aromatic N) is 2. The summed E-state index contributed by atoms with van der Waals surface area (Å²) in [7, 11) is 1.73. The van der Waals surface area contributed by atoms with Crippen LogP contribution >= 0.6 is 0 Å². The zero-order valence-electron chi connectivity index (χ0n) is 18.5. The Bertz CT molecular complexity index is 730. The van der Waals surface area contributed by atoms with E-state index in [0.29, 0.717) is 13.0 Å². The highest BCUT2D eigenvalue weighted by atomic mass is 16.6. The summed E-state index contributed by atoms with van der Waals surface area (Å²) in [6.45, 7) is 7.56. The highest BCUT2D eigenvalue weighted by molar-refractivity contribution is 5.80. The van der Waals surface area contributed by atoms with Crippen LogP contribution in [0, 0.1) is 5.92 Å². The maximum atomic E-state index is 12.4. The molecule has 1 aliphatic heterocycles. The van der Waals surface area contributed by atoms with Crippen LogP contribution in [0.4, 0.5) is 4.79 Å². The van der Waals surface area contributed by atoms with Gasteiger partial charge in [-0.2, -0.15) is 0 Å². The molecule has 0 radical (unpaired) electrons. The molecule has 1 aromatic rings. The predicted molar refractivity (Wildman–Crippen MR) is 118 cm³/mol. The standard InChI is InChI=1S/C22H35N5O3/c1-22(2,3)30-21(29)26-18(17-10-6-5-7-11-17)14-25-20(24-4)27-12-8-9-16(15-27)13-19(23)28/h5-7,10-11,16,18H,8-9,12-15H2,1-4H3,(H2,23,28)(H,24,25)(H,26,29).